The van der Waals surface area contributed by atoms with Gasteiger partial charge in [0.05, 0.1) is 5.69 Å². The van der Waals surface area contributed by atoms with E-state index in [1.165, 1.54) is 5.56 Å². The van der Waals surface area contributed by atoms with Crippen molar-refractivity contribution in [2.45, 2.75) is 26.2 Å². The van der Waals surface area contributed by atoms with E-state index >= 15 is 0 Å². The van der Waals surface area contributed by atoms with Crippen LogP contribution in [0, 0.1) is 0 Å². The van der Waals surface area contributed by atoms with Crippen LogP contribution in [0.2, 0.25) is 0 Å². The van der Waals surface area contributed by atoms with Crippen LogP contribution >= 0.6 is 0 Å². The van der Waals surface area contributed by atoms with Gasteiger partial charge in [0.1, 0.15) is 11.3 Å². The Labute approximate surface area is 164 Å². The number of hydrogen-bond donors (Lipinski definition) is 1. The highest BCUT2D eigenvalue weighted by Gasteiger charge is 2.14. The van der Waals surface area contributed by atoms with Crippen LogP contribution in [0.5, 0.6) is 5.75 Å². The largest absolute Gasteiger partial charge is 0.507 e. The van der Waals surface area contributed by atoms with E-state index in [1.807, 2.05) is 42.5 Å². The van der Waals surface area contributed by atoms with Crippen molar-refractivity contribution in [2.75, 3.05) is 0 Å². The van der Waals surface area contributed by atoms with Gasteiger partial charge in [-0.25, -0.2) is 4.98 Å². The van der Waals surface area contributed by atoms with E-state index in [4.69, 9.17) is 4.42 Å². The second-order valence-electron chi connectivity index (χ2n) is 7.82. The number of oxazole rings is 1. The average Bonchev–Trinajstić information content (AvgIpc) is 3.10. The summed E-state index contributed by atoms with van der Waals surface area (Å²) in [5, 5.41) is 9.84. The number of aromatic nitrogens is 1. The summed E-state index contributed by atoms with van der Waals surface area (Å²) >= 11 is 0. The predicted octanol–water partition coefficient (Wildman–Crippen LogP) is 6.25. The third kappa shape index (κ3) is 3.67. The summed E-state index contributed by atoms with van der Waals surface area (Å²) in [6, 6.07) is 21.0. The molecule has 4 aromatic rings. The van der Waals surface area contributed by atoms with Crippen molar-refractivity contribution in [1.82, 2.24) is 4.98 Å². The number of hydrogen-bond acceptors (Lipinski definition) is 4. The smallest absolute Gasteiger partial charge is 0.227 e. The molecule has 28 heavy (non-hydrogen) atoms. The number of aromatic hydroxyl groups is 1. The fourth-order valence-electron chi connectivity index (χ4n) is 2.97. The van der Waals surface area contributed by atoms with E-state index < -0.39 is 0 Å². The summed E-state index contributed by atoms with van der Waals surface area (Å²) in [4.78, 5) is 9.06. The van der Waals surface area contributed by atoms with Crippen molar-refractivity contribution in [3.8, 4) is 17.2 Å². The molecule has 3 aromatic carbocycles. The number of fused-ring (bicyclic) bond motifs is 1. The fourth-order valence-corrected chi connectivity index (χ4v) is 2.97. The number of phenolic OH excluding ortho intramolecular Hbond substituents is 1. The van der Waals surface area contributed by atoms with Crippen molar-refractivity contribution in [3.63, 3.8) is 0 Å². The molecular formula is C24H22N2O2. The monoisotopic (exact) mass is 370 g/mol. The van der Waals surface area contributed by atoms with Crippen LogP contribution in [-0.4, -0.2) is 16.3 Å². The molecule has 0 atom stereocenters. The number of rotatable bonds is 3. The lowest BCUT2D eigenvalue weighted by molar-refractivity contribution is 0.474. The molecule has 1 heterocycles. The topological polar surface area (TPSA) is 58.6 Å². The lowest BCUT2D eigenvalue weighted by Crippen LogP contribution is -2.10. The summed E-state index contributed by atoms with van der Waals surface area (Å²) in [6.07, 6.45) is 1.64. The van der Waals surface area contributed by atoms with Crippen LogP contribution in [0.4, 0.5) is 5.69 Å². The Bertz CT molecular complexity index is 1150. The summed E-state index contributed by atoms with van der Waals surface area (Å²) < 4.78 is 5.91. The van der Waals surface area contributed by atoms with Gasteiger partial charge in [-0.3, -0.25) is 4.99 Å². The first-order chi connectivity index (χ1) is 13.4. The SMILES string of the molecule is CC(C)(C)c1ccc(-c2nc3cc(N=Cc4ccccc4O)ccc3o2)cc1. The minimum Gasteiger partial charge on any atom is -0.507 e. The summed E-state index contributed by atoms with van der Waals surface area (Å²) in [7, 11) is 0. The number of para-hydroxylation sites is 1. The summed E-state index contributed by atoms with van der Waals surface area (Å²) in [5.74, 6) is 0.798. The zero-order valence-corrected chi connectivity index (χ0v) is 16.2. The Morgan fingerprint density at radius 1 is 0.964 bits per heavy atom. The molecule has 0 bridgehead atoms. The molecule has 0 saturated heterocycles. The molecule has 1 N–H and O–H groups in total. The van der Waals surface area contributed by atoms with Crippen molar-refractivity contribution in [3.05, 3.63) is 77.9 Å². The first-order valence-corrected chi connectivity index (χ1v) is 9.24. The van der Waals surface area contributed by atoms with Gasteiger partial charge < -0.3 is 9.52 Å². The minimum absolute atomic E-state index is 0.111. The van der Waals surface area contributed by atoms with Gasteiger partial charge in [-0.1, -0.05) is 45.0 Å². The molecule has 4 heteroatoms. The van der Waals surface area contributed by atoms with E-state index in [-0.39, 0.29) is 11.2 Å². The molecule has 0 unspecified atom stereocenters. The van der Waals surface area contributed by atoms with Crippen LogP contribution in [0.15, 0.2) is 76.1 Å². The van der Waals surface area contributed by atoms with E-state index in [9.17, 15) is 5.11 Å². The van der Waals surface area contributed by atoms with Gasteiger partial charge in [-0.2, -0.15) is 0 Å². The average molecular weight is 370 g/mol. The van der Waals surface area contributed by atoms with E-state index in [0.717, 1.165) is 22.4 Å². The maximum Gasteiger partial charge on any atom is 0.227 e. The second-order valence-corrected chi connectivity index (χ2v) is 7.82. The molecule has 0 radical (unpaired) electrons. The molecule has 0 aliphatic heterocycles. The standard InChI is InChI=1S/C24H22N2O2/c1-24(2,3)18-10-8-16(9-11-18)23-26-20-14-19(12-13-22(20)28-23)25-15-17-6-4-5-7-21(17)27/h4-15,27H,1-3H3. The fraction of sp³-hybridized carbons (Fsp3) is 0.167. The van der Waals surface area contributed by atoms with Crippen LogP contribution < -0.4 is 0 Å². The third-order valence-electron chi connectivity index (χ3n) is 4.66. The van der Waals surface area contributed by atoms with Gasteiger partial charge in [0, 0.05) is 17.3 Å². The maximum absolute atomic E-state index is 9.84. The Balaban J connectivity index is 1.62. The van der Waals surface area contributed by atoms with Crippen molar-refractivity contribution in [2.24, 2.45) is 4.99 Å². The first-order valence-electron chi connectivity index (χ1n) is 9.24. The first kappa shape index (κ1) is 18.0. The summed E-state index contributed by atoms with van der Waals surface area (Å²) in [6.45, 7) is 6.58. The molecule has 140 valence electrons. The quantitative estimate of drug-likeness (QED) is 0.434. The molecule has 1 aromatic heterocycles. The zero-order chi connectivity index (χ0) is 19.7. The lowest BCUT2D eigenvalue weighted by atomic mass is 9.87. The molecule has 0 spiro atoms. The van der Waals surface area contributed by atoms with E-state index in [1.54, 1.807) is 18.3 Å². The summed E-state index contributed by atoms with van der Waals surface area (Å²) in [5.41, 5.74) is 5.22. The van der Waals surface area contributed by atoms with Crippen LogP contribution in [0.1, 0.15) is 31.9 Å². The maximum atomic E-state index is 9.84. The minimum atomic E-state index is 0.111. The van der Waals surface area contributed by atoms with Crippen LogP contribution in [0.25, 0.3) is 22.6 Å². The van der Waals surface area contributed by atoms with Gasteiger partial charge in [-0.15, -0.1) is 0 Å². The molecule has 0 amide bonds. The predicted molar refractivity (Wildman–Crippen MR) is 114 cm³/mol. The van der Waals surface area contributed by atoms with Crippen LogP contribution in [0.3, 0.4) is 0 Å². The van der Waals surface area contributed by atoms with E-state index in [0.29, 0.717) is 11.5 Å². The van der Waals surface area contributed by atoms with Gasteiger partial charge in [0.25, 0.3) is 0 Å². The molecule has 4 nitrogen and oxygen atoms in total. The normalized spacial score (nSPS) is 12.1. The van der Waals surface area contributed by atoms with Crippen LogP contribution in [-0.2, 0) is 5.41 Å². The van der Waals surface area contributed by atoms with Crippen molar-refractivity contribution < 1.29 is 9.52 Å². The number of benzene rings is 3. The van der Waals surface area contributed by atoms with Crippen molar-refractivity contribution >= 4 is 23.0 Å². The highest BCUT2D eigenvalue weighted by Crippen LogP contribution is 2.29. The van der Waals surface area contributed by atoms with E-state index in [2.05, 4.69) is 42.9 Å². The number of phenols is 1. The Morgan fingerprint density at radius 2 is 1.71 bits per heavy atom. The highest BCUT2D eigenvalue weighted by atomic mass is 16.3. The second kappa shape index (κ2) is 6.97. The third-order valence-corrected chi connectivity index (χ3v) is 4.66. The highest BCUT2D eigenvalue weighted by molar-refractivity contribution is 5.87. The van der Waals surface area contributed by atoms with Gasteiger partial charge >= 0.3 is 0 Å². The Morgan fingerprint density at radius 3 is 2.43 bits per heavy atom. The van der Waals surface area contributed by atoms with Gasteiger partial charge in [-0.05, 0) is 53.4 Å². The molecule has 0 aliphatic carbocycles. The lowest BCUT2D eigenvalue weighted by Gasteiger charge is -2.18. The molecule has 0 fully saturated rings. The number of aliphatic imine (C=N–C) groups is 1. The molecular weight excluding hydrogens is 348 g/mol. The zero-order valence-electron chi connectivity index (χ0n) is 16.2. The Kier molecular flexibility index (Phi) is 4.47. The molecule has 0 aliphatic rings. The van der Waals surface area contributed by atoms with Crippen molar-refractivity contribution in [1.29, 1.82) is 0 Å². The van der Waals surface area contributed by atoms with Gasteiger partial charge in [0.2, 0.25) is 5.89 Å². The molecule has 0 saturated carbocycles. The number of nitrogens with zero attached hydrogens (tertiary/aromatic N) is 2. The van der Waals surface area contributed by atoms with Gasteiger partial charge in [0.15, 0.2) is 5.58 Å². The molecule has 4 rings (SSSR count). The Hall–Kier alpha value is -3.40.